The maximum atomic E-state index is 10.7. The van der Waals surface area contributed by atoms with E-state index in [1.165, 1.54) is 6.20 Å². The Morgan fingerprint density at radius 2 is 1.90 bits per heavy atom. The minimum Gasteiger partial charge on any atom is -0.384 e. The molecule has 0 aliphatic heterocycles. The molecule has 0 spiro atoms. The molecule has 0 aliphatic carbocycles. The van der Waals surface area contributed by atoms with Gasteiger partial charge in [-0.15, -0.1) is 0 Å². The van der Waals surface area contributed by atoms with Crippen molar-refractivity contribution in [1.82, 2.24) is 24.9 Å². The molecule has 0 amide bonds. The number of aliphatic hydroxyl groups is 2. The lowest BCUT2D eigenvalue weighted by Gasteiger charge is -2.14. The molecule has 0 aliphatic rings. The Morgan fingerprint density at radius 1 is 1.13 bits per heavy atom. The minimum absolute atomic E-state index is 0.112. The van der Waals surface area contributed by atoms with Crippen LogP contribution in [0.2, 0.25) is 0 Å². The van der Waals surface area contributed by atoms with Gasteiger partial charge in [0.1, 0.15) is 22.7 Å². The Hall–Kier alpha value is -3.74. The van der Waals surface area contributed by atoms with Crippen molar-refractivity contribution >= 4 is 16.9 Å². The van der Waals surface area contributed by atoms with Gasteiger partial charge in [-0.1, -0.05) is 17.0 Å². The first-order valence-electron chi connectivity index (χ1n) is 9.58. The first-order chi connectivity index (χ1) is 14.5. The van der Waals surface area contributed by atoms with Gasteiger partial charge in [0.25, 0.3) is 0 Å². The topological polar surface area (TPSA) is 136 Å². The maximum absolute atomic E-state index is 10.7. The molecule has 0 unspecified atom stereocenters. The molecule has 0 fully saturated rings. The number of hydrogen-bond acceptors (Lipinski definition) is 8. The number of aromatic nitrogens is 5. The van der Waals surface area contributed by atoms with Crippen molar-refractivity contribution in [2.24, 2.45) is 0 Å². The lowest BCUT2D eigenvalue weighted by atomic mass is 10.00. The summed E-state index contributed by atoms with van der Waals surface area (Å²) >= 11 is 0. The normalized spacial score (nSPS) is 13.6. The second-order valence-electron chi connectivity index (χ2n) is 7.97. The number of nitrogen functional groups attached to an aromatic ring is 1. The molecule has 31 heavy (non-hydrogen) atoms. The number of fused-ring (bicyclic) bond motifs is 1. The molecule has 0 saturated carbocycles. The van der Waals surface area contributed by atoms with E-state index in [9.17, 15) is 10.2 Å². The molecule has 3 aromatic heterocycles. The van der Waals surface area contributed by atoms with E-state index in [0.29, 0.717) is 34.0 Å². The SMILES string of the molecule is Cc1cc([C@](C)(O)C#Cc2ccc3c(C(C)(C)O)nn(-c4ccnc(N)n4)c3c2)no1. The van der Waals surface area contributed by atoms with Crippen molar-refractivity contribution in [3.63, 3.8) is 0 Å². The fourth-order valence-corrected chi connectivity index (χ4v) is 3.15. The molecule has 9 heteroatoms. The predicted molar refractivity (Wildman–Crippen MR) is 114 cm³/mol. The van der Waals surface area contributed by atoms with Gasteiger partial charge in [0.2, 0.25) is 5.95 Å². The highest BCUT2D eigenvalue weighted by molar-refractivity contribution is 5.85. The van der Waals surface area contributed by atoms with Gasteiger partial charge in [-0.05, 0) is 45.9 Å². The largest absolute Gasteiger partial charge is 0.384 e. The average molecular weight is 418 g/mol. The summed E-state index contributed by atoms with van der Waals surface area (Å²) in [6, 6.07) is 8.76. The lowest BCUT2D eigenvalue weighted by molar-refractivity contribution is 0.0749. The van der Waals surface area contributed by atoms with E-state index in [0.717, 1.165) is 5.39 Å². The van der Waals surface area contributed by atoms with Gasteiger partial charge in [-0.2, -0.15) is 10.1 Å². The summed E-state index contributed by atoms with van der Waals surface area (Å²) in [5.74, 6) is 6.98. The van der Waals surface area contributed by atoms with E-state index < -0.39 is 11.2 Å². The Morgan fingerprint density at radius 3 is 2.55 bits per heavy atom. The van der Waals surface area contributed by atoms with Crippen LogP contribution in [0.5, 0.6) is 0 Å². The summed E-state index contributed by atoms with van der Waals surface area (Å²) in [4.78, 5) is 8.15. The van der Waals surface area contributed by atoms with Gasteiger partial charge >= 0.3 is 0 Å². The molecular formula is C22H22N6O3. The van der Waals surface area contributed by atoms with Crippen molar-refractivity contribution < 1.29 is 14.7 Å². The van der Waals surface area contributed by atoms with Crippen LogP contribution in [-0.4, -0.2) is 35.1 Å². The number of nitrogens with two attached hydrogens (primary N) is 1. The summed E-state index contributed by atoms with van der Waals surface area (Å²) in [7, 11) is 0. The molecule has 0 bridgehead atoms. The van der Waals surface area contributed by atoms with E-state index >= 15 is 0 Å². The van der Waals surface area contributed by atoms with E-state index in [1.807, 2.05) is 12.1 Å². The third-order valence-electron chi connectivity index (χ3n) is 4.71. The Balaban J connectivity index is 1.84. The number of nitrogens with zero attached hydrogens (tertiary/aromatic N) is 5. The highest BCUT2D eigenvalue weighted by Crippen LogP contribution is 2.30. The molecule has 0 saturated heterocycles. The highest BCUT2D eigenvalue weighted by atomic mass is 16.5. The van der Waals surface area contributed by atoms with Crippen LogP contribution in [0, 0.1) is 18.8 Å². The molecule has 4 N–H and O–H groups in total. The fraction of sp³-hybridized carbons (Fsp3) is 0.273. The third-order valence-corrected chi connectivity index (χ3v) is 4.71. The van der Waals surface area contributed by atoms with E-state index in [1.54, 1.807) is 50.6 Å². The molecule has 4 rings (SSSR count). The highest BCUT2D eigenvalue weighted by Gasteiger charge is 2.26. The van der Waals surface area contributed by atoms with Crippen LogP contribution in [0.3, 0.4) is 0 Å². The number of aryl methyl sites for hydroxylation is 1. The van der Waals surface area contributed by atoms with Gasteiger partial charge in [0.05, 0.1) is 5.52 Å². The van der Waals surface area contributed by atoms with Crippen LogP contribution in [0.15, 0.2) is 41.1 Å². The zero-order valence-electron chi connectivity index (χ0n) is 17.6. The van der Waals surface area contributed by atoms with Gasteiger partial charge < -0.3 is 20.5 Å². The molecule has 1 aromatic carbocycles. The van der Waals surface area contributed by atoms with Gasteiger partial charge in [-0.25, -0.2) is 9.67 Å². The van der Waals surface area contributed by atoms with Crippen molar-refractivity contribution in [3.05, 3.63) is 59.2 Å². The third kappa shape index (κ3) is 3.99. The summed E-state index contributed by atoms with van der Waals surface area (Å²) in [5, 5.41) is 30.4. The summed E-state index contributed by atoms with van der Waals surface area (Å²) in [6.45, 7) is 6.63. The maximum Gasteiger partial charge on any atom is 0.221 e. The second kappa shape index (κ2) is 7.19. The molecule has 4 aromatic rings. The molecule has 9 nitrogen and oxygen atoms in total. The molecule has 158 valence electrons. The van der Waals surface area contributed by atoms with Gasteiger partial charge in [0.15, 0.2) is 11.4 Å². The summed E-state index contributed by atoms with van der Waals surface area (Å²) in [5.41, 5.74) is 5.23. The second-order valence-corrected chi connectivity index (χ2v) is 7.97. The predicted octanol–water partition coefficient (Wildman–Crippen LogP) is 2.18. The van der Waals surface area contributed by atoms with Gasteiger partial charge in [0, 0.05) is 29.3 Å². The van der Waals surface area contributed by atoms with Crippen LogP contribution in [0.25, 0.3) is 16.7 Å². The number of hydrogen-bond donors (Lipinski definition) is 3. The zero-order valence-corrected chi connectivity index (χ0v) is 17.6. The standard InChI is InChI=1S/C22H22N6O3/c1-13-11-17(27-31-13)22(4,30)9-7-14-5-6-15-16(12-14)28(26-19(15)21(2,3)29)18-8-10-24-20(23)25-18/h5-6,8,10-12,29-30H,1-4H3,(H2,23,24,25)/t22-/m1/s1. The van der Waals surface area contributed by atoms with E-state index in [2.05, 4.69) is 32.1 Å². The molecule has 3 heterocycles. The van der Waals surface area contributed by atoms with Crippen molar-refractivity contribution in [3.8, 4) is 17.7 Å². The van der Waals surface area contributed by atoms with E-state index in [4.69, 9.17) is 10.3 Å². The van der Waals surface area contributed by atoms with Crippen molar-refractivity contribution in [1.29, 1.82) is 0 Å². The van der Waals surface area contributed by atoms with Crippen molar-refractivity contribution in [2.45, 2.75) is 38.9 Å². The van der Waals surface area contributed by atoms with Crippen LogP contribution in [-0.2, 0) is 11.2 Å². The Labute approximate surface area is 178 Å². The Bertz CT molecular complexity index is 1330. The summed E-state index contributed by atoms with van der Waals surface area (Å²) in [6.07, 6.45) is 1.54. The molecule has 1 atom stereocenters. The van der Waals surface area contributed by atoms with Crippen LogP contribution < -0.4 is 5.73 Å². The van der Waals surface area contributed by atoms with Gasteiger partial charge in [-0.3, -0.25) is 0 Å². The fourth-order valence-electron chi connectivity index (χ4n) is 3.15. The van der Waals surface area contributed by atoms with Crippen LogP contribution in [0.4, 0.5) is 5.95 Å². The lowest BCUT2D eigenvalue weighted by Crippen LogP contribution is -2.18. The van der Waals surface area contributed by atoms with Crippen molar-refractivity contribution in [2.75, 3.05) is 5.73 Å². The summed E-state index contributed by atoms with van der Waals surface area (Å²) < 4.78 is 6.62. The number of anilines is 1. The zero-order chi connectivity index (χ0) is 22.4. The first-order valence-corrected chi connectivity index (χ1v) is 9.58. The Kier molecular flexibility index (Phi) is 4.76. The van der Waals surface area contributed by atoms with Crippen LogP contribution in [0.1, 0.15) is 43.5 Å². The minimum atomic E-state index is -1.48. The first kappa shape index (κ1) is 20.5. The monoisotopic (exact) mass is 418 g/mol. The molecular weight excluding hydrogens is 396 g/mol. The smallest absolute Gasteiger partial charge is 0.221 e. The average Bonchev–Trinajstić information content (AvgIpc) is 3.30. The van der Waals surface area contributed by atoms with E-state index in [-0.39, 0.29) is 5.95 Å². The molecule has 0 radical (unpaired) electrons. The number of benzene rings is 1. The van der Waals surface area contributed by atoms with Crippen LogP contribution >= 0.6 is 0 Å². The quantitative estimate of drug-likeness (QED) is 0.431. The number of rotatable bonds is 3.